The number of rotatable bonds is 7. The van der Waals surface area contributed by atoms with Gasteiger partial charge in [-0.15, -0.1) is 11.3 Å². The largest absolute Gasteiger partial charge is 0.381 e. The topological polar surface area (TPSA) is 137 Å². The van der Waals surface area contributed by atoms with Crippen molar-refractivity contribution in [1.29, 1.82) is 0 Å². The molecule has 2 aromatic rings. The smallest absolute Gasteiger partial charge is 0.220 e. The lowest BCUT2D eigenvalue weighted by molar-refractivity contribution is -0.125. The Morgan fingerprint density at radius 3 is 2.41 bits per heavy atom. The fourth-order valence-electron chi connectivity index (χ4n) is 2.87. The first-order chi connectivity index (χ1) is 15.9. The van der Waals surface area contributed by atoms with Crippen molar-refractivity contribution in [3.63, 3.8) is 0 Å². The SMILES string of the molecule is C.CC.CCC(N)=O.CN.O=CC(NC(=O)CCc1nc2ccc(Cl)cc2s1)C1CCOCC1. The molecule has 1 unspecified atom stereocenters. The maximum atomic E-state index is 12.2. The molecule has 0 bridgehead atoms. The van der Waals surface area contributed by atoms with Gasteiger partial charge in [0.25, 0.3) is 0 Å². The van der Waals surface area contributed by atoms with Gasteiger partial charge >= 0.3 is 0 Å². The summed E-state index contributed by atoms with van der Waals surface area (Å²) in [4.78, 5) is 37.5. The van der Waals surface area contributed by atoms with E-state index in [2.05, 4.69) is 21.8 Å². The van der Waals surface area contributed by atoms with Gasteiger partial charge in [0.15, 0.2) is 0 Å². The zero-order valence-corrected chi connectivity index (χ0v) is 21.5. The summed E-state index contributed by atoms with van der Waals surface area (Å²) in [6, 6.07) is 5.15. The van der Waals surface area contributed by atoms with Crippen molar-refractivity contribution >= 4 is 51.3 Å². The van der Waals surface area contributed by atoms with Gasteiger partial charge in [-0.2, -0.15) is 0 Å². The Kier molecular flexibility index (Phi) is 20.4. The van der Waals surface area contributed by atoms with E-state index in [-0.39, 0.29) is 25.2 Å². The van der Waals surface area contributed by atoms with Crippen LogP contribution in [0.4, 0.5) is 0 Å². The number of hydrogen-bond donors (Lipinski definition) is 3. The van der Waals surface area contributed by atoms with E-state index in [0.717, 1.165) is 34.4 Å². The fraction of sp³-hybridized carbons (Fsp3) is 0.583. The molecule has 194 valence electrons. The molecule has 1 fully saturated rings. The molecule has 1 aromatic carbocycles. The summed E-state index contributed by atoms with van der Waals surface area (Å²) in [6.45, 7) is 7.03. The van der Waals surface area contributed by atoms with Crippen LogP contribution in [-0.4, -0.2) is 49.4 Å². The molecule has 1 saturated heterocycles. The molecule has 5 N–H and O–H groups in total. The van der Waals surface area contributed by atoms with E-state index in [4.69, 9.17) is 16.3 Å². The lowest BCUT2D eigenvalue weighted by Crippen LogP contribution is -2.43. The molecule has 10 heteroatoms. The third-order valence-corrected chi connectivity index (χ3v) is 5.87. The summed E-state index contributed by atoms with van der Waals surface area (Å²) in [7, 11) is 1.50. The van der Waals surface area contributed by atoms with E-state index in [9.17, 15) is 14.4 Å². The van der Waals surface area contributed by atoms with Crippen molar-refractivity contribution in [1.82, 2.24) is 10.3 Å². The molecule has 2 heterocycles. The highest BCUT2D eigenvalue weighted by Crippen LogP contribution is 2.26. The number of aryl methyl sites for hydroxylation is 1. The molecule has 1 aliphatic rings. The maximum absolute atomic E-state index is 12.2. The van der Waals surface area contributed by atoms with Crippen molar-refractivity contribution in [2.45, 2.75) is 66.3 Å². The Morgan fingerprint density at radius 1 is 1.29 bits per heavy atom. The number of primary amides is 1. The van der Waals surface area contributed by atoms with E-state index >= 15 is 0 Å². The Labute approximate surface area is 212 Å². The Morgan fingerprint density at radius 2 is 1.88 bits per heavy atom. The van der Waals surface area contributed by atoms with Crippen LogP contribution >= 0.6 is 22.9 Å². The van der Waals surface area contributed by atoms with Crippen molar-refractivity contribution in [2.75, 3.05) is 20.3 Å². The number of hydrogen-bond acceptors (Lipinski definition) is 7. The van der Waals surface area contributed by atoms with Gasteiger partial charge in [-0.3, -0.25) is 9.59 Å². The third-order valence-electron chi connectivity index (χ3n) is 4.56. The van der Waals surface area contributed by atoms with Crippen molar-refractivity contribution in [3.05, 3.63) is 28.2 Å². The molecule has 1 atom stereocenters. The number of halogens is 1. The van der Waals surface area contributed by atoms with Gasteiger partial charge in [0.1, 0.15) is 6.29 Å². The first kappa shape index (κ1) is 34.1. The summed E-state index contributed by atoms with van der Waals surface area (Å²) in [6.07, 6.45) is 3.78. The van der Waals surface area contributed by atoms with Crippen LogP contribution in [0, 0.1) is 5.92 Å². The zero-order valence-electron chi connectivity index (χ0n) is 19.9. The minimum absolute atomic E-state index is 0. The van der Waals surface area contributed by atoms with Crippen LogP contribution < -0.4 is 16.8 Å². The van der Waals surface area contributed by atoms with Crippen molar-refractivity contribution in [2.24, 2.45) is 17.4 Å². The van der Waals surface area contributed by atoms with Gasteiger partial charge < -0.3 is 26.3 Å². The average molecular weight is 517 g/mol. The van der Waals surface area contributed by atoms with E-state index in [1.54, 1.807) is 18.3 Å². The van der Waals surface area contributed by atoms with Crippen LogP contribution in [0.2, 0.25) is 5.02 Å². The van der Waals surface area contributed by atoms with Crippen LogP contribution in [0.25, 0.3) is 10.2 Å². The molecular weight excluding hydrogens is 476 g/mol. The second-order valence-corrected chi connectivity index (χ2v) is 8.27. The van der Waals surface area contributed by atoms with Crippen LogP contribution in [0.3, 0.4) is 0 Å². The summed E-state index contributed by atoms with van der Waals surface area (Å²) < 4.78 is 6.32. The predicted molar refractivity (Wildman–Crippen MR) is 142 cm³/mol. The Balaban J connectivity index is 0. The number of carbonyl (C=O) groups excluding carboxylic acids is 3. The number of amides is 2. The summed E-state index contributed by atoms with van der Waals surface area (Å²) in [5.41, 5.74) is 10.0. The second-order valence-electron chi connectivity index (χ2n) is 6.72. The normalized spacial score (nSPS) is 13.4. The second kappa shape index (κ2) is 20.3. The lowest BCUT2D eigenvalue weighted by atomic mass is 9.92. The summed E-state index contributed by atoms with van der Waals surface area (Å²) in [5, 5.41) is 4.42. The molecule has 2 amide bonds. The number of benzene rings is 1. The number of nitrogens with two attached hydrogens (primary N) is 2. The molecule has 0 saturated carbocycles. The Hall–Kier alpha value is -2.07. The first-order valence-electron chi connectivity index (χ1n) is 11.2. The standard InChI is InChI=1S/C17H19ClN2O3S.C3H7NO.C2H6.CH5N.CH4/c18-12-1-2-13-15(9-12)24-17(20-13)4-3-16(22)19-14(10-21)11-5-7-23-8-6-11;1-2-3(4)5;2*1-2;/h1-2,9-11,14H,3-8H2,(H,19,22);2H2,1H3,(H2,4,5);1-2H3;2H2,1H3;1H4. The van der Waals surface area contributed by atoms with Gasteiger partial charge in [-0.1, -0.05) is 39.8 Å². The van der Waals surface area contributed by atoms with Crippen LogP contribution in [0.5, 0.6) is 0 Å². The highest BCUT2D eigenvalue weighted by molar-refractivity contribution is 7.18. The van der Waals surface area contributed by atoms with Gasteiger partial charge in [-0.05, 0) is 44.0 Å². The number of nitrogens with one attached hydrogen (secondary N) is 1. The zero-order chi connectivity index (χ0) is 25.2. The minimum atomic E-state index is -0.421. The number of nitrogens with zero attached hydrogens (tertiary/aromatic N) is 1. The minimum Gasteiger partial charge on any atom is -0.381 e. The highest BCUT2D eigenvalue weighted by atomic mass is 35.5. The van der Waals surface area contributed by atoms with E-state index in [1.807, 2.05) is 32.0 Å². The van der Waals surface area contributed by atoms with E-state index in [0.29, 0.717) is 37.5 Å². The number of fused-ring (bicyclic) bond motifs is 1. The van der Waals surface area contributed by atoms with Gasteiger partial charge in [0.05, 0.1) is 21.3 Å². The van der Waals surface area contributed by atoms with Crippen molar-refractivity contribution in [3.8, 4) is 0 Å². The molecule has 3 rings (SSSR count). The van der Waals surface area contributed by atoms with Crippen LogP contribution in [0.1, 0.15) is 58.9 Å². The van der Waals surface area contributed by atoms with E-state index < -0.39 is 6.04 Å². The molecular formula is C24H41ClN4O4S. The van der Waals surface area contributed by atoms with Crippen molar-refractivity contribution < 1.29 is 19.1 Å². The average Bonchev–Trinajstić information content (AvgIpc) is 3.26. The lowest BCUT2D eigenvalue weighted by Gasteiger charge is -2.27. The third kappa shape index (κ3) is 13.0. The molecule has 0 radical (unpaired) electrons. The molecule has 0 aliphatic carbocycles. The highest BCUT2D eigenvalue weighted by Gasteiger charge is 2.25. The monoisotopic (exact) mass is 516 g/mol. The van der Waals surface area contributed by atoms with Gasteiger partial charge in [-0.25, -0.2) is 4.98 Å². The number of carbonyl (C=O) groups is 3. The van der Waals surface area contributed by atoms with Gasteiger partial charge in [0, 0.05) is 37.5 Å². The number of aromatic nitrogens is 1. The Bertz CT molecular complexity index is 841. The van der Waals surface area contributed by atoms with Crippen LogP contribution in [0.15, 0.2) is 18.2 Å². The summed E-state index contributed by atoms with van der Waals surface area (Å²) >= 11 is 7.52. The number of ether oxygens (including phenoxy) is 1. The summed E-state index contributed by atoms with van der Waals surface area (Å²) in [5.74, 6) is -0.189. The van der Waals surface area contributed by atoms with E-state index in [1.165, 1.54) is 7.05 Å². The molecule has 8 nitrogen and oxygen atoms in total. The predicted octanol–water partition coefficient (Wildman–Crippen LogP) is 4.11. The first-order valence-corrected chi connectivity index (χ1v) is 12.4. The number of aldehydes is 1. The van der Waals surface area contributed by atoms with Crippen LogP contribution in [-0.2, 0) is 25.5 Å². The fourth-order valence-corrected chi connectivity index (χ4v) is 4.11. The molecule has 1 aliphatic heterocycles. The number of thiazole rings is 1. The molecule has 0 spiro atoms. The molecule has 1 aromatic heterocycles. The maximum Gasteiger partial charge on any atom is 0.220 e. The molecule has 34 heavy (non-hydrogen) atoms. The quantitative estimate of drug-likeness (QED) is 0.473. The van der Waals surface area contributed by atoms with Gasteiger partial charge in [0.2, 0.25) is 11.8 Å².